The first-order valence-electron chi connectivity index (χ1n) is 4.16. The van der Waals surface area contributed by atoms with Crippen molar-refractivity contribution >= 4 is 60.4 Å². The standard InChI is InChI=1S/C7H6BrClN4O2S2/c8-6-3(9)1-5(16-6)17(14,15)13-7-4(10)2-11-12-7/h1-2H,10H2,(H2,11,12,13). The van der Waals surface area contributed by atoms with E-state index < -0.39 is 10.0 Å². The van der Waals surface area contributed by atoms with E-state index in [2.05, 4.69) is 30.8 Å². The summed E-state index contributed by atoms with van der Waals surface area (Å²) < 4.78 is 26.8. The number of aromatic nitrogens is 2. The maximum atomic E-state index is 11.9. The van der Waals surface area contributed by atoms with Gasteiger partial charge in [-0.15, -0.1) is 11.3 Å². The fourth-order valence-corrected chi connectivity index (χ4v) is 4.46. The maximum absolute atomic E-state index is 11.9. The maximum Gasteiger partial charge on any atom is 0.272 e. The fourth-order valence-electron chi connectivity index (χ4n) is 1.02. The summed E-state index contributed by atoms with van der Waals surface area (Å²) in [5.74, 6) is 0.130. The van der Waals surface area contributed by atoms with Crippen LogP contribution in [0.2, 0.25) is 5.02 Å². The molecule has 0 bridgehead atoms. The topological polar surface area (TPSA) is 101 Å². The van der Waals surface area contributed by atoms with Crippen molar-refractivity contribution in [2.45, 2.75) is 4.21 Å². The molecule has 0 aromatic carbocycles. The van der Waals surface area contributed by atoms with E-state index in [0.29, 0.717) is 8.81 Å². The number of nitrogens with zero attached hydrogens (tertiary/aromatic N) is 1. The second kappa shape index (κ2) is 4.48. The van der Waals surface area contributed by atoms with Gasteiger partial charge in [-0.1, -0.05) is 11.6 Å². The highest BCUT2D eigenvalue weighted by atomic mass is 79.9. The van der Waals surface area contributed by atoms with Crippen LogP contribution in [-0.2, 0) is 10.0 Å². The Hall–Kier alpha value is -0.770. The van der Waals surface area contributed by atoms with E-state index >= 15 is 0 Å². The van der Waals surface area contributed by atoms with Crippen LogP contribution in [0.3, 0.4) is 0 Å². The first kappa shape index (κ1) is 12.7. The summed E-state index contributed by atoms with van der Waals surface area (Å²) in [7, 11) is -3.70. The Balaban J connectivity index is 2.35. The van der Waals surface area contributed by atoms with Gasteiger partial charge in [-0.3, -0.25) is 9.82 Å². The van der Waals surface area contributed by atoms with Crippen molar-refractivity contribution in [3.8, 4) is 0 Å². The third kappa shape index (κ3) is 2.57. The van der Waals surface area contributed by atoms with Crippen molar-refractivity contribution in [2.75, 3.05) is 10.5 Å². The molecule has 0 radical (unpaired) electrons. The normalized spacial score (nSPS) is 11.6. The highest BCUT2D eigenvalue weighted by Gasteiger charge is 2.20. The van der Waals surface area contributed by atoms with Gasteiger partial charge in [-0.05, 0) is 22.0 Å². The third-order valence-electron chi connectivity index (χ3n) is 1.79. The molecule has 0 saturated carbocycles. The number of nitrogens with two attached hydrogens (primary N) is 1. The monoisotopic (exact) mass is 356 g/mol. The number of hydrogen-bond donors (Lipinski definition) is 3. The molecule has 0 fully saturated rings. The largest absolute Gasteiger partial charge is 0.394 e. The summed E-state index contributed by atoms with van der Waals surface area (Å²) in [6, 6.07) is 1.35. The highest BCUT2D eigenvalue weighted by Crippen LogP contribution is 2.35. The fraction of sp³-hybridized carbons (Fsp3) is 0. The van der Waals surface area contributed by atoms with Crippen LogP contribution >= 0.6 is 38.9 Å². The molecule has 0 saturated heterocycles. The Bertz CT molecular complexity index is 631. The lowest BCUT2D eigenvalue weighted by atomic mass is 10.6. The van der Waals surface area contributed by atoms with E-state index in [-0.39, 0.29) is 15.7 Å². The lowest BCUT2D eigenvalue weighted by Crippen LogP contribution is -2.12. The van der Waals surface area contributed by atoms with Gasteiger partial charge in [0.2, 0.25) is 0 Å². The van der Waals surface area contributed by atoms with Gasteiger partial charge in [0, 0.05) is 0 Å². The van der Waals surface area contributed by atoms with Crippen LogP contribution in [0, 0.1) is 0 Å². The lowest BCUT2D eigenvalue weighted by molar-refractivity contribution is 0.603. The number of rotatable bonds is 3. The van der Waals surface area contributed by atoms with Crippen LogP contribution in [0.1, 0.15) is 0 Å². The molecule has 0 aliphatic rings. The highest BCUT2D eigenvalue weighted by molar-refractivity contribution is 9.11. The molecule has 4 N–H and O–H groups in total. The Kier molecular flexibility index (Phi) is 3.34. The number of halogens is 2. The molecule has 10 heteroatoms. The summed E-state index contributed by atoms with van der Waals surface area (Å²) in [4.78, 5) is 0. The van der Waals surface area contributed by atoms with E-state index in [4.69, 9.17) is 17.3 Å². The quantitative estimate of drug-likeness (QED) is 0.784. The van der Waals surface area contributed by atoms with Crippen LogP contribution in [-0.4, -0.2) is 18.6 Å². The number of sulfonamides is 1. The van der Waals surface area contributed by atoms with Crippen molar-refractivity contribution < 1.29 is 8.42 Å². The van der Waals surface area contributed by atoms with Gasteiger partial charge in [0.25, 0.3) is 10.0 Å². The Morgan fingerprint density at radius 3 is 2.76 bits per heavy atom. The third-order valence-corrected chi connectivity index (χ3v) is 6.09. The van der Waals surface area contributed by atoms with E-state index in [1.165, 1.54) is 12.3 Å². The molecule has 0 unspecified atom stereocenters. The number of thiophene rings is 1. The number of H-pyrrole nitrogens is 1. The Morgan fingerprint density at radius 1 is 1.59 bits per heavy atom. The number of anilines is 2. The molecular weight excluding hydrogens is 352 g/mol. The van der Waals surface area contributed by atoms with E-state index in [0.717, 1.165) is 11.3 Å². The van der Waals surface area contributed by atoms with Crippen molar-refractivity contribution in [2.24, 2.45) is 0 Å². The molecule has 6 nitrogen and oxygen atoms in total. The zero-order valence-corrected chi connectivity index (χ0v) is 12.0. The van der Waals surface area contributed by atoms with Crippen molar-refractivity contribution in [3.05, 3.63) is 21.1 Å². The van der Waals surface area contributed by atoms with Crippen LogP contribution in [0.4, 0.5) is 11.5 Å². The molecule has 2 heterocycles. The predicted molar refractivity (Wildman–Crippen MR) is 70.8 cm³/mol. The van der Waals surface area contributed by atoms with Gasteiger partial charge in [-0.25, -0.2) is 8.42 Å². The van der Waals surface area contributed by atoms with Gasteiger partial charge < -0.3 is 5.73 Å². The van der Waals surface area contributed by atoms with Crippen LogP contribution in [0.5, 0.6) is 0 Å². The van der Waals surface area contributed by atoms with Crippen LogP contribution in [0.15, 0.2) is 20.3 Å². The van der Waals surface area contributed by atoms with Crippen LogP contribution in [0.25, 0.3) is 0 Å². The smallest absolute Gasteiger partial charge is 0.272 e. The number of nitrogen functional groups attached to an aromatic ring is 1. The zero-order valence-electron chi connectivity index (χ0n) is 8.07. The molecule has 17 heavy (non-hydrogen) atoms. The number of nitrogens with one attached hydrogen (secondary N) is 2. The van der Waals surface area contributed by atoms with Gasteiger partial charge in [-0.2, -0.15) is 5.10 Å². The zero-order chi connectivity index (χ0) is 12.6. The minimum Gasteiger partial charge on any atom is -0.394 e. The first-order valence-corrected chi connectivity index (χ1v) is 7.63. The summed E-state index contributed by atoms with van der Waals surface area (Å²) in [5, 5.41) is 6.40. The molecule has 0 aliphatic heterocycles. The summed E-state index contributed by atoms with van der Waals surface area (Å²) >= 11 is 9.93. The SMILES string of the molecule is Nc1cn[nH]c1NS(=O)(=O)c1cc(Cl)c(Br)s1. The molecule has 0 aliphatic carbocycles. The summed E-state index contributed by atoms with van der Waals surface area (Å²) in [5.41, 5.74) is 5.73. The summed E-state index contributed by atoms with van der Waals surface area (Å²) in [6.45, 7) is 0. The van der Waals surface area contributed by atoms with Crippen molar-refractivity contribution in [1.29, 1.82) is 0 Å². The molecule has 2 rings (SSSR count). The molecule has 0 amide bonds. The van der Waals surface area contributed by atoms with Crippen LogP contribution < -0.4 is 10.5 Å². The Morgan fingerprint density at radius 2 is 2.29 bits per heavy atom. The minimum atomic E-state index is -3.70. The van der Waals surface area contributed by atoms with Gasteiger partial charge in [0.05, 0.1) is 20.7 Å². The van der Waals surface area contributed by atoms with Gasteiger partial charge >= 0.3 is 0 Å². The minimum absolute atomic E-state index is 0.0865. The van der Waals surface area contributed by atoms with E-state index in [9.17, 15) is 8.42 Å². The molecular formula is C7H6BrClN4O2S2. The molecule has 2 aromatic rings. The van der Waals surface area contributed by atoms with Crippen molar-refractivity contribution in [3.63, 3.8) is 0 Å². The molecule has 2 aromatic heterocycles. The first-order chi connectivity index (χ1) is 7.90. The van der Waals surface area contributed by atoms with Gasteiger partial charge in [0.15, 0.2) is 5.82 Å². The number of aromatic amines is 1. The van der Waals surface area contributed by atoms with E-state index in [1.54, 1.807) is 0 Å². The molecule has 92 valence electrons. The van der Waals surface area contributed by atoms with Crippen molar-refractivity contribution in [1.82, 2.24) is 10.2 Å². The van der Waals surface area contributed by atoms with Gasteiger partial charge in [0.1, 0.15) is 4.21 Å². The molecule has 0 atom stereocenters. The second-order valence-corrected chi connectivity index (χ2v) is 7.68. The summed E-state index contributed by atoms with van der Waals surface area (Å²) in [6.07, 6.45) is 1.31. The lowest BCUT2D eigenvalue weighted by Gasteiger charge is -2.03. The second-order valence-electron chi connectivity index (χ2n) is 2.99. The molecule has 0 spiro atoms. The Labute approximate surface area is 114 Å². The average Bonchev–Trinajstić information content (AvgIpc) is 2.76. The van der Waals surface area contributed by atoms with E-state index in [1.807, 2.05) is 0 Å². The number of hydrogen-bond acceptors (Lipinski definition) is 5. The predicted octanol–water partition coefficient (Wildman–Crippen LogP) is 2.27. The average molecular weight is 358 g/mol.